The van der Waals surface area contributed by atoms with E-state index in [4.69, 9.17) is 5.11 Å². The second-order valence-corrected chi connectivity index (χ2v) is 6.07. The van der Waals surface area contributed by atoms with Crippen molar-refractivity contribution >= 4 is 15.7 Å². The van der Waals surface area contributed by atoms with Crippen molar-refractivity contribution in [3.63, 3.8) is 0 Å². The summed E-state index contributed by atoms with van der Waals surface area (Å²) in [5, 5.41) is 19.4. The first kappa shape index (κ1) is 15.5. The van der Waals surface area contributed by atoms with E-state index in [0.717, 1.165) is 16.4 Å². The molecular formula is C11H16N2O5S. The van der Waals surface area contributed by atoms with Crippen molar-refractivity contribution in [2.75, 3.05) is 13.2 Å². The highest BCUT2D eigenvalue weighted by Gasteiger charge is 2.26. The fraction of sp³-hybridized carbons (Fsp3) is 0.455. The van der Waals surface area contributed by atoms with Gasteiger partial charge < -0.3 is 5.11 Å². The van der Waals surface area contributed by atoms with E-state index >= 15 is 0 Å². The molecule has 1 aromatic rings. The number of hydrogen-bond donors (Lipinski definition) is 1. The van der Waals surface area contributed by atoms with Gasteiger partial charge in [-0.25, -0.2) is 8.42 Å². The molecule has 0 fully saturated rings. The smallest absolute Gasteiger partial charge is 0.269 e. The zero-order valence-corrected chi connectivity index (χ0v) is 11.5. The summed E-state index contributed by atoms with van der Waals surface area (Å²) in [5.41, 5.74) is -0.169. The van der Waals surface area contributed by atoms with Crippen LogP contribution in [0.15, 0.2) is 29.2 Å². The molecule has 0 aliphatic carbocycles. The topological polar surface area (TPSA) is 101 Å². The van der Waals surface area contributed by atoms with Crippen LogP contribution in [0.3, 0.4) is 0 Å². The second-order valence-electron chi connectivity index (χ2n) is 4.18. The third-order valence-corrected chi connectivity index (χ3v) is 4.64. The fourth-order valence-corrected chi connectivity index (χ4v) is 3.26. The number of benzene rings is 1. The predicted molar refractivity (Wildman–Crippen MR) is 69.2 cm³/mol. The molecule has 0 saturated carbocycles. The average molecular weight is 288 g/mol. The number of sulfonamides is 1. The van der Waals surface area contributed by atoms with Gasteiger partial charge in [0, 0.05) is 24.7 Å². The lowest BCUT2D eigenvalue weighted by atomic mass is 10.3. The fourth-order valence-electron chi connectivity index (χ4n) is 1.63. The monoisotopic (exact) mass is 288 g/mol. The lowest BCUT2D eigenvalue weighted by Gasteiger charge is -2.24. The molecule has 0 bridgehead atoms. The van der Waals surface area contributed by atoms with Crippen LogP contribution in [-0.2, 0) is 10.0 Å². The Hall–Kier alpha value is -1.51. The van der Waals surface area contributed by atoms with Gasteiger partial charge in [-0.2, -0.15) is 4.31 Å². The molecule has 0 aromatic heterocycles. The van der Waals surface area contributed by atoms with E-state index in [1.54, 1.807) is 13.8 Å². The standard InChI is InChI=1S/C11H16N2O5S/c1-9(2)12(7-8-14)19(17,18)11-5-3-10(4-6-11)13(15)16/h3-6,9,14H,7-8H2,1-2H3. The van der Waals surface area contributed by atoms with Crippen molar-refractivity contribution in [2.45, 2.75) is 24.8 Å². The Bertz CT molecular complexity index is 539. The maximum Gasteiger partial charge on any atom is 0.269 e. The SMILES string of the molecule is CC(C)N(CCO)S(=O)(=O)c1ccc([N+](=O)[O-])cc1. The van der Waals surface area contributed by atoms with Crippen LogP contribution < -0.4 is 0 Å². The van der Waals surface area contributed by atoms with E-state index in [2.05, 4.69) is 0 Å². The van der Waals surface area contributed by atoms with Gasteiger partial charge in [-0.05, 0) is 26.0 Å². The van der Waals surface area contributed by atoms with Crippen molar-refractivity contribution in [3.8, 4) is 0 Å². The van der Waals surface area contributed by atoms with Gasteiger partial charge >= 0.3 is 0 Å². The summed E-state index contributed by atoms with van der Waals surface area (Å²) in [6, 6.07) is 4.36. The number of non-ortho nitro benzene ring substituents is 1. The highest BCUT2D eigenvalue weighted by molar-refractivity contribution is 7.89. The lowest BCUT2D eigenvalue weighted by Crippen LogP contribution is -2.38. The summed E-state index contributed by atoms with van der Waals surface area (Å²) < 4.78 is 25.7. The molecule has 0 atom stereocenters. The van der Waals surface area contributed by atoms with Crippen molar-refractivity contribution in [3.05, 3.63) is 34.4 Å². The summed E-state index contributed by atoms with van der Waals surface area (Å²) >= 11 is 0. The molecule has 0 saturated heterocycles. The first-order valence-corrected chi connectivity index (χ1v) is 7.12. The van der Waals surface area contributed by atoms with Crippen molar-refractivity contribution < 1.29 is 18.4 Å². The Morgan fingerprint density at radius 3 is 2.21 bits per heavy atom. The first-order chi connectivity index (χ1) is 8.80. The summed E-state index contributed by atoms with van der Waals surface area (Å²) in [6.07, 6.45) is 0. The van der Waals surface area contributed by atoms with E-state index in [0.29, 0.717) is 0 Å². The van der Waals surface area contributed by atoms with Crippen LogP contribution in [0.5, 0.6) is 0 Å². The molecule has 106 valence electrons. The van der Waals surface area contributed by atoms with E-state index in [1.807, 2.05) is 0 Å². The summed E-state index contributed by atoms with van der Waals surface area (Å²) in [4.78, 5) is 9.90. The molecule has 0 aliphatic rings. The van der Waals surface area contributed by atoms with Crippen molar-refractivity contribution in [2.24, 2.45) is 0 Å². The van der Waals surface area contributed by atoms with Crippen LogP contribution in [0.1, 0.15) is 13.8 Å². The Balaban J connectivity index is 3.14. The van der Waals surface area contributed by atoms with Crippen LogP contribution in [-0.4, -0.2) is 41.9 Å². The maximum absolute atomic E-state index is 12.3. The van der Waals surface area contributed by atoms with E-state index < -0.39 is 14.9 Å². The van der Waals surface area contributed by atoms with Gasteiger partial charge in [0.2, 0.25) is 10.0 Å². The quantitative estimate of drug-likeness (QED) is 0.621. The first-order valence-electron chi connectivity index (χ1n) is 5.68. The molecule has 7 nitrogen and oxygen atoms in total. The molecule has 1 aromatic carbocycles. The van der Waals surface area contributed by atoms with Crippen LogP contribution in [0.2, 0.25) is 0 Å². The van der Waals surface area contributed by atoms with Gasteiger partial charge in [0.1, 0.15) is 0 Å². The van der Waals surface area contributed by atoms with E-state index in [-0.39, 0.29) is 29.8 Å². The number of hydrogen-bond acceptors (Lipinski definition) is 5. The van der Waals surface area contributed by atoms with E-state index in [9.17, 15) is 18.5 Å². The van der Waals surface area contributed by atoms with Gasteiger partial charge in [-0.15, -0.1) is 0 Å². The minimum Gasteiger partial charge on any atom is -0.395 e. The molecule has 0 heterocycles. The average Bonchev–Trinajstić information content (AvgIpc) is 2.35. The van der Waals surface area contributed by atoms with Gasteiger partial charge in [0.25, 0.3) is 5.69 Å². The molecule has 8 heteroatoms. The Kier molecular flexibility index (Phi) is 4.98. The van der Waals surface area contributed by atoms with Crippen LogP contribution in [0.4, 0.5) is 5.69 Å². The molecule has 0 aliphatic heterocycles. The third kappa shape index (κ3) is 3.49. The molecule has 0 amide bonds. The van der Waals surface area contributed by atoms with Crippen LogP contribution in [0.25, 0.3) is 0 Å². The normalized spacial score (nSPS) is 12.1. The van der Waals surface area contributed by atoms with Gasteiger partial charge in [-0.1, -0.05) is 0 Å². The van der Waals surface area contributed by atoms with Crippen LogP contribution in [0, 0.1) is 10.1 Å². The number of nitro groups is 1. The predicted octanol–water partition coefficient (Wildman–Crippen LogP) is 0.986. The van der Waals surface area contributed by atoms with E-state index in [1.165, 1.54) is 12.1 Å². The highest BCUT2D eigenvalue weighted by atomic mass is 32.2. The van der Waals surface area contributed by atoms with Gasteiger partial charge in [0.15, 0.2) is 0 Å². The zero-order chi connectivity index (χ0) is 14.6. The molecule has 1 N–H and O–H groups in total. The summed E-state index contributed by atoms with van der Waals surface area (Å²) in [5.74, 6) is 0. The number of nitro benzene ring substituents is 1. The summed E-state index contributed by atoms with van der Waals surface area (Å²) in [7, 11) is -3.75. The number of rotatable bonds is 6. The zero-order valence-electron chi connectivity index (χ0n) is 10.7. The molecule has 1 rings (SSSR count). The van der Waals surface area contributed by atoms with Gasteiger partial charge in [-0.3, -0.25) is 10.1 Å². The third-order valence-electron chi connectivity index (χ3n) is 2.55. The molecular weight excluding hydrogens is 272 g/mol. The van der Waals surface area contributed by atoms with Gasteiger partial charge in [0.05, 0.1) is 16.4 Å². The Labute approximate surface area is 111 Å². The molecule has 0 unspecified atom stereocenters. The van der Waals surface area contributed by atoms with Crippen LogP contribution >= 0.6 is 0 Å². The Morgan fingerprint density at radius 1 is 1.32 bits per heavy atom. The van der Waals surface area contributed by atoms with Crippen molar-refractivity contribution in [1.29, 1.82) is 0 Å². The lowest BCUT2D eigenvalue weighted by molar-refractivity contribution is -0.384. The minimum absolute atomic E-state index is 0.0169. The molecule has 0 spiro atoms. The summed E-state index contributed by atoms with van der Waals surface area (Å²) in [6.45, 7) is 3.08. The number of nitrogens with zero attached hydrogens (tertiary/aromatic N) is 2. The highest BCUT2D eigenvalue weighted by Crippen LogP contribution is 2.20. The largest absolute Gasteiger partial charge is 0.395 e. The number of aliphatic hydroxyl groups excluding tert-OH is 1. The van der Waals surface area contributed by atoms with Crippen molar-refractivity contribution in [1.82, 2.24) is 4.31 Å². The number of aliphatic hydroxyl groups is 1. The maximum atomic E-state index is 12.3. The minimum atomic E-state index is -3.75. The molecule has 0 radical (unpaired) electrons. The Morgan fingerprint density at radius 2 is 1.84 bits per heavy atom. The molecule has 19 heavy (non-hydrogen) atoms. The second kappa shape index (κ2) is 6.09.